The summed E-state index contributed by atoms with van der Waals surface area (Å²) in [5.41, 5.74) is 0. The minimum absolute atomic E-state index is 0.117. The Morgan fingerprint density at radius 3 is 2.43 bits per heavy atom. The van der Waals surface area contributed by atoms with Crippen molar-refractivity contribution in [3.8, 4) is 0 Å². The summed E-state index contributed by atoms with van der Waals surface area (Å²) in [5.74, 6) is 0.111. The van der Waals surface area contributed by atoms with Gasteiger partial charge in [0.1, 0.15) is 0 Å². The van der Waals surface area contributed by atoms with Crippen LogP contribution < -0.4 is 5.32 Å². The van der Waals surface area contributed by atoms with E-state index in [1.165, 1.54) is 0 Å². The van der Waals surface area contributed by atoms with E-state index >= 15 is 0 Å². The zero-order valence-electron chi connectivity index (χ0n) is 13.6. The Morgan fingerprint density at radius 2 is 1.86 bits per heavy atom. The maximum absolute atomic E-state index is 12.6. The van der Waals surface area contributed by atoms with E-state index in [0.29, 0.717) is 31.6 Å². The van der Waals surface area contributed by atoms with E-state index in [1.807, 2.05) is 23.9 Å². The van der Waals surface area contributed by atoms with Gasteiger partial charge in [-0.25, -0.2) is 0 Å². The Kier molecular flexibility index (Phi) is 5.22. The lowest BCUT2D eigenvalue weighted by molar-refractivity contribution is -0.137. The van der Waals surface area contributed by atoms with Crippen molar-refractivity contribution in [1.82, 2.24) is 20.0 Å². The Hall–Kier alpha value is -1.14. The molecule has 2 amide bonds. The molecule has 120 valence electrons. The number of piperazine rings is 1. The van der Waals surface area contributed by atoms with E-state index in [2.05, 4.69) is 24.1 Å². The van der Waals surface area contributed by atoms with Crippen molar-refractivity contribution in [3.05, 3.63) is 0 Å². The Labute approximate surface area is 127 Å². The van der Waals surface area contributed by atoms with Crippen LogP contribution in [0.1, 0.15) is 20.3 Å². The summed E-state index contributed by atoms with van der Waals surface area (Å²) in [6.45, 7) is 7.81. The number of hydrogen-bond donors (Lipinski definition) is 1. The van der Waals surface area contributed by atoms with Crippen LogP contribution in [0, 0.1) is 5.92 Å². The lowest BCUT2D eigenvalue weighted by Gasteiger charge is -2.37. The fourth-order valence-electron chi connectivity index (χ4n) is 3.24. The topological polar surface area (TPSA) is 55.9 Å². The van der Waals surface area contributed by atoms with Crippen LogP contribution in [-0.2, 0) is 9.59 Å². The third kappa shape index (κ3) is 4.17. The average Bonchev–Trinajstić information content (AvgIpc) is 2.75. The van der Waals surface area contributed by atoms with Crippen LogP contribution in [0.4, 0.5) is 0 Å². The minimum atomic E-state index is -0.155. The van der Waals surface area contributed by atoms with E-state index in [-0.39, 0.29) is 17.7 Å². The summed E-state index contributed by atoms with van der Waals surface area (Å²) >= 11 is 0. The molecular formula is C15H28N4O2. The molecule has 3 atom stereocenters. The molecule has 2 heterocycles. The zero-order valence-corrected chi connectivity index (χ0v) is 13.6. The van der Waals surface area contributed by atoms with Crippen LogP contribution in [0.15, 0.2) is 0 Å². The van der Waals surface area contributed by atoms with Gasteiger partial charge in [0, 0.05) is 51.2 Å². The Bertz CT molecular complexity index is 389. The molecule has 0 spiro atoms. The lowest BCUT2D eigenvalue weighted by atomic mass is 10.0. The number of amides is 2. The van der Waals surface area contributed by atoms with Crippen LogP contribution >= 0.6 is 0 Å². The minimum Gasteiger partial charge on any atom is -0.341 e. The molecule has 3 unspecified atom stereocenters. The van der Waals surface area contributed by atoms with Crippen molar-refractivity contribution in [2.75, 3.05) is 46.8 Å². The number of likely N-dealkylation sites (tertiary alicyclic amines) is 1. The molecule has 0 bridgehead atoms. The molecule has 2 aliphatic heterocycles. The molecule has 6 nitrogen and oxygen atoms in total. The molecule has 0 aliphatic carbocycles. The van der Waals surface area contributed by atoms with E-state index < -0.39 is 0 Å². The first-order valence-electron chi connectivity index (χ1n) is 7.84. The Morgan fingerprint density at radius 1 is 1.24 bits per heavy atom. The molecule has 2 aliphatic rings. The Balaban J connectivity index is 1.90. The maximum atomic E-state index is 12.6. The molecular weight excluding hydrogens is 268 g/mol. The zero-order chi connectivity index (χ0) is 15.6. The summed E-state index contributed by atoms with van der Waals surface area (Å²) < 4.78 is 0. The van der Waals surface area contributed by atoms with Crippen molar-refractivity contribution in [2.24, 2.45) is 5.92 Å². The van der Waals surface area contributed by atoms with Gasteiger partial charge in [-0.2, -0.15) is 0 Å². The van der Waals surface area contributed by atoms with E-state index in [9.17, 15) is 9.59 Å². The first-order valence-corrected chi connectivity index (χ1v) is 7.84. The number of rotatable bonds is 4. The van der Waals surface area contributed by atoms with Crippen molar-refractivity contribution in [1.29, 1.82) is 0 Å². The number of carbonyl (C=O) groups excluding carboxylic acids is 2. The summed E-state index contributed by atoms with van der Waals surface area (Å²) in [6, 6.07) is 0.638. The number of likely N-dealkylation sites (N-methyl/N-ethyl adjacent to an activating group) is 1. The first kappa shape index (κ1) is 16.2. The highest BCUT2D eigenvalue weighted by molar-refractivity contribution is 5.89. The molecule has 0 aromatic heterocycles. The SMILES string of the molecule is CC1CN(C(=O)C2CC(=O)N(CCN(C)C)C2)CC(C)N1. The highest BCUT2D eigenvalue weighted by Crippen LogP contribution is 2.21. The third-order valence-electron chi connectivity index (χ3n) is 4.25. The predicted octanol–water partition coefficient (Wildman–Crippen LogP) is -0.395. The van der Waals surface area contributed by atoms with Crippen molar-refractivity contribution in [3.63, 3.8) is 0 Å². The van der Waals surface area contributed by atoms with Crippen LogP contribution in [-0.4, -0.2) is 85.4 Å². The monoisotopic (exact) mass is 296 g/mol. The fraction of sp³-hybridized carbons (Fsp3) is 0.867. The second-order valence-corrected chi connectivity index (χ2v) is 6.76. The molecule has 2 saturated heterocycles. The molecule has 0 aromatic carbocycles. The van der Waals surface area contributed by atoms with Crippen LogP contribution in [0.2, 0.25) is 0 Å². The molecule has 0 saturated carbocycles. The van der Waals surface area contributed by atoms with Gasteiger partial charge >= 0.3 is 0 Å². The van der Waals surface area contributed by atoms with Crippen LogP contribution in [0.5, 0.6) is 0 Å². The van der Waals surface area contributed by atoms with Gasteiger partial charge in [0.05, 0.1) is 5.92 Å². The van der Waals surface area contributed by atoms with Crippen LogP contribution in [0.25, 0.3) is 0 Å². The summed E-state index contributed by atoms with van der Waals surface area (Å²) in [7, 11) is 3.99. The van der Waals surface area contributed by atoms with Crippen molar-refractivity contribution >= 4 is 11.8 Å². The van der Waals surface area contributed by atoms with E-state index in [1.54, 1.807) is 0 Å². The van der Waals surface area contributed by atoms with Gasteiger partial charge in [-0.15, -0.1) is 0 Å². The number of nitrogens with zero attached hydrogens (tertiary/aromatic N) is 3. The molecule has 21 heavy (non-hydrogen) atoms. The first-order chi connectivity index (χ1) is 9.86. The second kappa shape index (κ2) is 6.75. The number of carbonyl (C=O) groups is 2. The molecule has 2 rings (SSSR count). The summed E-state index contributed by atoms with van der Waals surface area (Å²) in [6.07, 6.45) is 0.374. The van der Waals surface area contributed by atoms with E-state index in [4.69, 9.17) is 0 Å². The largest absolute Gasteiger partial charge is 0.341 e. The normalized spacial score (nSPS) is 30.3. The van der Waals surface area contributed by atoms with Gasteiger partial charge in [-0.1, -0.05) is 0 Å². The lowest BCUT2D eigenvalue weighted by Crippen LogP contribution is -2.57. The third-order valence-corrected chi connectivity index (χ3v) is 4.25. The highest BCUT2D eigenvalue weighted by Gasteiger charge is 2.37. The van der Waals surface area contributed by atoms with Gasteiger partial charge in [0.15, 0.2) is 0 Å². The second-order valence-electron chi connectivity index (χ2n) is 6.76. The van der Waals surface area contributed by atoms with Gasteiger partial charge in [0.2, 0.25) is 11.8 Å². The van der Waals surface area contributed by atoms with Gasteiger partial charge < -0.3 is 20.0 Å². The van der Waals surface area contributed by atoms with Gasteiger partial charge in [0.25, 0.3) is 0 Å². The molecule has 6 heteroatoms. The molecule has 1 N–H and O–H groups in total. The maximum Gasteiger partial charge on any atom is 0.228 e. The quantitative estimate of drug-likeness (QED) is 0.767. The molecule has 2 fully saturated rings. The van der Waals surface area contributed by atoms with E-state index in [0.717, 1.165) is 19.6 Å². The standard InChI is InChI=1S/C15H28N4O2/c1-11-8-19(9-12(2)16-11)15(21)13-7-14(20)18(10-13)6-5-17(3)4/h11-13,16H,5-10H2,1-4H3. The number of hydrogen-bond acceptors (Lipinski definition) is 4. The summed E-state index contributed by atoms with van der Waals surface area (Å²) in [4.78, 5) is 30.5. The van der Waals surface area contributed by atoms with Crippen molar-refractivity contribution < 1.29 is 9.59 Å². The molecule has 0 aromatic rings. The summed E-state index contributed by atoms with van der Waals surface area (Å²) in [5, 5.41) is 3.43. The smallest absolute Gasteiger partial charge is 0.228 e. The van der Waals surface area contributed by atoms with Gasteiger partial charge in [-0.3, -0.25) is 9.59 Å². The van der Waals surface area contributed by atoms with Crippen molar-refractivity contribution in [2.45, 2.75) is 32.4 Å². The van der Waals surface area contributed by atoms with Gasteiger partial charge in [-0.05, 0) is 27.9 Å². The molecule has 0 radical (unpaired) electrons. The predicted molar refractivity (Wildman–Crippen MR) is 81.9 cm³/mol. The van der Waals surface area contributed by atoms with Crippen LogP contribution in [0.3, 0.4) is 0 Å². The average molecular weight is 296 g/mol. The highest BCUT2D eigenvalue weighted by atomic mass is 16.2. The fourth-order valence-corrected chi connectivity index (χ4v) is 3.24. The number of nitrogens with one attached hydrogen (secondary N) is 1.